The van der Waals surface area contributed by atoms with Gasteiger partial charge < -0.3 is 19.6 Å². The molecule has 0 aliphatic carbocycles. The molecular formula is C19H19ClN4O2. The molecule has 2 aromatic carbocycles. The number of anilines is 2. The Hall–Kier alpha value is -2.73. The first-order valence-electron chi connectivity index (χ1n) is 8.44. The second-order valence-corrected chi connectivity index (χ2v) is 6.62. The van der Waals surface area contributed by atoms with Crippen molar-refractivity contribution < 1.29 is 9.84 Å². The highest BCUT2D eigenvalue weighted by atomic mass is 35.5. The van der Waals surface area contributed by atoms with Crippen molar-refractivity contribution in [2.24, 2.45) is 0 Å². The molecule has 7 heteroatoms. The summed E-state index contributed by atoms with van der Waals surface area (Å²) in [6.07, 6.45) is 0. The van der Waals surface area contributed by atoms with E-state index >= 15 is 0 Å². The van der Waals surface area contributed by atoms with Crippen molar-refractivity contribution in [3.63, 3.8) is 0 Å². The molecule has 6 nitrogen and oxygen atoms in total. The Morgan fingerprint density at radius 2 is 1.65 bits per heavy atom. The van der Waals surface area contributed by atoms with Gasteiger partial charge in [0.2, 0.25) is 0 Å². The summed E-state index contributed by atoms with van der Waals surface area (Å²) in [5, 5.41) is 11.4. The van der Waals surface area contributed by atoms with E-state index in [0.717, 1.165) is 42.4 Å². The lowest BCUT2D eigenvalue weighted by Crippen LogP contribution is -2.47. The molecule has 1 aliphatic rings. The Morgan fingerprint density at radius 1 is 0.962 bits per heavy atom. The topological polar surface area (TPSA) is 61.7 Å². The monoisotopic (exact) mass is 370 g/mol. The zero-order chi connectivity index (χ0) is 18.1. The number of phenols is 1. The Labute approximate surface area is 156 Å². The molecule has 0 atom stereocenters. The average molecular weight is 371 g/mol. The molecule has 0 unspecified atom stereocenters. The summed E-state index contributed by atoms with van der Waals surface area (Å²) >= 11 is 5.98. The van der Waals surface area contributed by atoms with Crippen LogP contribution in [0.5, 0.6) is 11.8 Å². The van der Waals surface area contributed by atoms with Gasteiger partial charge in [-0.3, -0.25) is 0 Å². The standard InChI is InChI=1S/C19H19ClN4O2/c1-26-19-21-17-12-15(25)6-7-16(17)18(22-19)24-10-8-23(9-11-24)14-4-2-13(20)3-5-14/h2-7,12,25H,8-11H2,1H3. The zero-order valence-corrected chi connectivity index (χ0v) is 15.1. The van der Waals surface area contributed by atoms with Gasteiger partial charge in [-0.1, -0.05) is 11.6 Å². The van der Waals surface area contributed by atoms with Crippen molar-refractivity contribution >= 4 is 34.0 Å². The third kappa shape index (κ3) is 3.20. The third-order valence-corrected chi connectivity index (χ3v) is 4.85. The molecule has 1 aromatic heterocycles. The van der Waals surface area contributed by atoms with Gasteiger partial charge in [0.1, 0.15) is 11.6 Å². The van der Waals surface area contributed by atoms with Crippen molar-refractivity contribution in [3.05, 3.63) is 47.5 Å². The number of halogens is 1. The van der Waals surface area contributed by atoms with Gasteiger partial charge in [-0.15, -0.1) is 0 Å². The van der Waals surface area contributed by atoms with Crippen LogP contribution in [-0.2, 0) is 0 Å². The first-order chi connectivity index (χ1) is 12.6. The van der Waals surface area contributed by atoms with Crippen LogP contribution < -0.4 is 14.5 Å². The van der Waals surface area contributed by atoms with Crippen LogP contribution >= 0.6 is 11.6 Å². The van der Waals surface area contributed by atoms with E-state index in [2.05, 4.69) is 19.8 Å². The van der Waals surface area contributed by atoms with E-state index in [9.17, 15) is 5.11 Å². The van der Waals surface area contributed by atoms with Crippen LogP contribution in [0.15, 0.2) is 42.5 Å². The van der Waals surface area contributed by atoms with Gasteiger partial charge >= 0.3 is 6.01 Å². The van der Waals surface area contributed by atoms with Gasteiger partial charge in [0.05, 0.1) is 12.6 Å². The van der Waals surface area contributed by atoms with Gasteiger partial charge in [0, 0.05) is 48.3 Å². The normalized spacial score (nSPS) is 14.7. The quantitative estimate of drug-likeness (QED) is 0.763. The molecule has 26 heavy (non-hydrogen) atoms. The lowest BCUT2D eigenvalue weighted by atomic mass is 10.2. The number of aromatic nitrogens is 2. The summed E-state index contributed by atoms with van der Waals surface area (Å²) in [5.74, 6) is 1.01. The van der Waals surface area contributed by atoms with Gasteiger partial charge in [0.15, 0.2) is 0 Å². The molecule has 134 valence electrons. The molecule has 1 N–H and O–H groups in total. The zero-order valence-electron chi connectivity index (χ0n) is 14.4. The Kier molecular flexibility index (Phi) is 4.42. The third-order valence-electron chi connectivity index (χ3n) is 4.59. The molecule has 1 fully saturated rings. The predicted molar refractivity (Wildman–Crippen MR) is 104 cm³/mol. The van der Waals surface area contributed by atoms with Gasteiger partial charge in [-0.05, 0) is 36.4 Å². The molecule has 1 aliphatic heterocycles. The highest BCUT2D eigenvalue weighted by Gasteiger charge is 2.21. The maximum Gasteiger partial charge on any atom is 0.318 e. The second kappa shape index (κ2) is 6.88. The Balaban J connectivity index is 1.60. The number of fused-ring (bicyclic) bond motifs is 1. The van der Waals surface area contributed by atoms with E-state index in [1.807, 2.05) is 30.3 Å². The summed E-state index contributed by atoms with van der Waals surface area (Å²) in [4.78, 5) is 13.5. The SMILES string of the molecule is COc1nc(N2CCN(c3ccc(Cl)cc3)CC2)c2ccc(O)cc2n1. The predicted octanol–water partition coefficient (Wildman–Crippen LogP) is 3.32. The molecule has 1 saturated heterocycles. The van der Waals surface area contributed by atoms with E-state index in [0.29, 0.717) is 11.5 Å². The number of ether oxygens (including phenoxy) is 1. The number of phenolic OH excluding ortho intramolecular Hbond substituents is 1. The molecule has 2 heterocycles. The number of benzene rings is 2. The van der Waals surface area contributed by atoms with Crippen LogP contribution in [0.3, 0.4) is 0 Å². The number of piperazine rings is 1. The van der Waals surface area contributed by atoms with Crippen LogP contribution in [0, 0.1) is 0 Å². The minimum atomic E-state index is 0.178. The van der Waals surface area contributed by atoms with Crippen LogP contribution in [-0.4, -0.2) is 48.4 Å². The number of methoxy groups -OCH3 is 1. The van der Waals surface area contributed by atoms with Gasteiger partial charge in [0.25, 0.3) is 0 Å². The minimum absolute atomic E-state index is 0.178. The molecule has 0 amide bonds. The summed E-state index contributed by atoms with van der Waals surface area (Å²) in [5.41, 5.74) is 1.84. The lowest BCUT2D eigenvalue weighted by molar-refractivity contribution is 0.381. The fraction of sp³-hybridized carbons (Fsp3) is 0.263. The lowest BCUT2D eigenvalue weighted by Gasteiger charge is -2.37. The first-order valence-corrected chi connectivity index (χ1v) is 8.82. The number of hydrogen-bond acceptors (Lipinski definition) is 6. The maximum absolute atomic E-state index is 9.74. The van der Waals surface area contributed by atoms with Crippen LogP contribution in [0.25, 0.3) is 10.9 Å². The molecule has 4 rings (SSSR count). The smallest absolute Gasteiger partial charge is 0.318 e. The van der Waals surface area contributed by atoms with E-state index in [4.69, 9.17) is 16.3 Å². The summed E-state index contributed by atoms with van der Waals surface area (Å²) in [6, 6.07) is 13.4. The largest absolute Gasteiger partial charge is 0.508 e. The van der Waals surface area contributed by atoms with E-state index in [1.54, 1.807) is 19.2 Å². The highest BCUT2D eigenvalue weighted by molar-refractivity contribution is 6.30. The number of nitrogens with zero attached hydrogens (tertiary/aromatic N) is 4. The van der Waals surface area contributed by atoms with E-state index in [-0.39, 0.29) is 5.75 Å². The molecule has 3 aromatic rings. The fourth-order valence-electron chi connectivity index (χ4n) is 3.24. The number of hydrogen-bond donors (Lipinski definition) is 1. The van der Waals surface area contributed by atoms with Crippen LogP contribution in [0.2, 0.25) is 5.02 Å². The van der Waals surface area contributed by atoms with Crippen molar-refractivity contribution in [1.29, 1.82) is 0 Å². The second-order valence-electron chi connectivity index (χ2n) is 6.19. The molecular weight excluding hydrogens is 352 g/mol. The average Bonchev–Trinajstić information content (AvgIpc) is 2.67. The fourth-order valence-corrected chi connectivity index (χ4v) is 3.37. The maximum atomic E-state index is 9.74. The minimum Gasteiger partial charge on any atom is -0.508 e. The van der Waals surface area contributed by atoms with E-state index in [1.165, 1.54) is 5.69 Å². The number of rotatable bonds is 3. The van der Waals surface area contributed by atoms with Crippen molar-refractivity contribution in [2.75, 3.05) is 43.1 Å². The summed E-state index contributed by atoms with van der Waals surface area (Å²) < 4.78 is 5.24. The van der Waals surface area contributed by atoms with Crippen LogP contribution in [0.4, 0.5) is 11.5 Å². The van der Waals surface area contributed by atoms with Crippen molar-refractivity contribution in [2.45, 2.75) is 0 Å². The summed E-state index contributed by atoms with van der Waals surface area (Å²) in [7, 11) is 1.55. The Morgan fingerprint density at radius 3 is 2.35 bits per heavy atom. The molecule has 0 bridgehead atoms. The number of aromatic hydroxyl groups is 1. The van der Waals surface area contributed by atoms with Crippen molar-refractivity contribution in [1.82, 2.24) is 9.97 Å². The summed E-state index contributed by atoms with van der Waals surface area (Å²) in [6.45, 7) is 3.43. The molecule has 0 saturated carbocycles. The molecule has 0 spiro atoms. The first kappa shape index (κ1) is 16.7. The van der Waals surface area contributed by atoms with Gasteiger partial charge in [-0.2, -0.15) is 9.97 Å². The highest BCUT2D eigenvalue weighted by Crippen LogP contribution is 2.30. The van der Waals surface area contributed by atoms with Crippen molar-refractivity contribution in [3.8, 4) is 11.8 Å². The van der Waals surface area contributed by atoms with E-state index < -0.39 is 0 Å². The van der Waals surface area contributed by atoms with Gasteiger partial charge in [-0.25, -0.2) is 0 Å². The van der Waals surface area contributed by atoms with Crippen LogP contribution in [0.1, 0.15) is 0 Å². The molecule has 0 radical (unpaired) electrons. The Bertz CT molecular complexity index is 925.